The number of amides is 1. The molecule has 1 heterocycles. The molecule has 22 heavy (non-hydrogen) atoms. The van der Waals surface area contributed by atoms with E-state index >= 15 is 0 Å². The summed E-state index contributed by atoms with van der Waals surface area (Å²) in [5, 5.41) is 14.0. The molecule has 0 saturated heterocycles. The molecule has 0 unspecified atom stereocenters. The number of aromatic nitrogens is 4. The van der Waals surface area contributed by atoms with Crippen LogP contribution in [0.5, 0.6) is 0 Å². The van der Waals surface area contributed by atoms with Gasteiger partial charge in [-0.25, -0.2) is 4.68 Å². The second-order valence-corrected chi connectivity index (χ2v) is 5.08. The number of anilines is 1. The minimum Gasteiger partial charge on any atom is -0.322 e. The van der Waals surface area contributed by atoms with Gasteiger partial charge in [-0.1, -0.05) is 17.7 Å². The van der Waals surface area contributed by atoms with Gasteiger partial charge in [0.2, 0.25) is 0 Å². The Balaban J connectivity index is 1.81. The fourth-order valence-electron chi connectivity index (χ4n) is 2.25. The van der Waals surface area contributed by atoms with E-state index in [0.29, 0.717) is 5.56 Å². The van der Waals surface area contributed by atoms with Crippen molar-refractivity contribution in [2.24, 2.45) is 0 Å². The van der Waals surface area contributed by atoms with Gasteiger partial charge in [0, 0.05) is 11.3 Å². The van der Waals surface area contributed by atoms with Crippen LogP contribution in [0.2, 0.25) is 0 Å². The Bertz CT molecular complexity index is 811. The fraction of sp³-hybridized carbons (Fsp3) is 0.125. The van der Waals surface area contributed by atoms with E-state index in [-0.39, 0.29) is 5.91 Å². The maximum absolute atomic E-state index is 12.2. The molecule has 0 aliphatic carbocycles. The smallest absolute Gasteiger partial charge is 0.255 e. The number of rotatable bonds is 3. The molecule has 110 valence electrons. The van der Waals surface area contributed by atoms with E-state index < -0.39 is 0 Å². The van der Waals surface area contributed by atoms with Crippen LogP contribution in [0.3, 0.4) is 0 Å². The van der Waals surface area contributed by atoms with E-state index in [4.69, 9.17) is 0 Å². The van der Waals surface area contributed by atoms with Crippen molar-refractivity contribution >= 4 is 11.6 Å². The average molecular weight is 293 g/mol. The maximum Gasteiger partial charge on any atom is 0.255 e. The third kappa shape index (κ3) is 2.85. The van der Waals surface area contributed by atoms with Crippen molar-refractivity contribution in [3.05, 3.63) is 65.5 Å². The van der Waals surface area contributed by atoms with Gasteiger partial charge in [0.25, 0.3) is 5.91 Å². The quantitative estimate of drug-likeness (QED) is 0.805. The van der Waals surface area contributed by atoms with E-state index in [1.54, 1.807) is 10.7 Å². The molecule has 1 aromatic heterocycles. The third-order valence-corrected chi connectivity index (χ3v) is 3.33. The Hall–Kier alpha value is -3.02. The van der Waals surface area contributed by atoms with Crippen molar-refractivity contribution in [1.29, 1.82) is 0 Å². The highest BCUT2D eigenvalue weighted by Crippen LogP contribution is 2.18. The predicted octanol–water partition coefficient (Wildman–Crippen LogP) is 2.53. The lowest BCUT2D eigenvalue weighted by atomic mass is 10.1. The molecule has 0 radical (unpaired) electrons. The molecule has 3 aromatic rings. The van der Waals surface area contributed by atoms with E-state index in [0.717, 1.165) is 22.5 Å². The fourth-order valence-corrected chi connectivity index (χ4v) is 2.25. The van der Waals surface area contributed by atoms with Crippen molar-refractivity contribution < 1.29 is 4.79 Å². The lowest BCUT2D eigenvalue weighted by Crippen LogP contribution is -2.12. The topological polar surface area (TPSA) is 72.7 Å². The maximum atomic E-state index is 12.2. The summed E-state index contributed by atoms with van der Waals surface area (Å²) in [6.07, 6.45) is 1.54. The van der Waals surface area contributed by atoms with Gasteiger partial charge in [0.05, 0.1) is 5.69 Å². The average Bonchev–Trinajstić information content (AvgIpc) is 3.01. The second kappa shape index (κ2) is 5.77. The van der Waals surface area contributed by atoms with Gasteiger partial charge in [-0.15, -0.1) is 5.10 Å². The molecule has 6 nitrogen and oxygen atoms in total. The zero-order valence-corrected chi connectivity index (χ0v) is 12.3. The number of carbonyl (C=O) groups is 1. The largest absolute Gasteiger partial charge is 0.322 e. The number of hydrogen-bond donors (Lipinski definition) is 1. The first kappa shape index (κ1) is 13.9. The van der Waals surface area contributed by atoms with Gasteiger partial charge in [-0.2, -0.15) is 0 Å². The summed E-state index contributed by atoms with van der Waals surface area (Å²) in [7, 11) is 0. The van der Waals surface area contributed by atoms with Crippen molar-refractivity contribution in [2.45, 2.75) is 13.8 Å². The van der Waals surface area contributed by atoms with E-state index in [2.05, 4.69) is 20.8 Å². The summed E-state index contributed by atoms with van der Waals surface area (Å²) in [6.45, 7) is 3.90. The Kier molecular flexibility index (Phi) is 3.65. The minimum absolute atomic E-state index is 0.127. The molecule has 0 aliphatic heterocycles. The normalized spacial score (nSPS) is 10.5. The standard InChI is InChI=1S/C16H15N5O/c1-11-4-3-5-13(8-11)16(22)18-14-6-7-15(12(2)9-14)21-10-17-19-20-21/h3-10H,1-2H3,(H,18,22). The zero-order chi connectivity index (χ0) is 15.5. The van der Waals surface area contributed by atoms with Gasteiger partial charge >= 0.3 is 0 Å². The molecular weight excluding hydrogens is 278 g/mol. The van der Waals surface area contributed by atoms with Gasteiger partial charge < -0.3 is 5.32 Å². The first-order valence-corrected chi connectivity index (χ1v) is 6.85. The summed E-state index contributed by atoms with van der Waals surface area (Å²) in [4.78, 5) is 12.2. The summed E-state index contributed by atoms with van der Waals surface area (Å²) >= 11 is 0. The number of aryl methyl sites for hydroxylation is 2. The van der Waals surface area contributed by atoms with Crippen molar-refractivity contribution in [2.75, 3.05) is 5.32 Å². The highest BCUT2D eigenvalue weighted by Gasteiger charge is 2.08. The highest BCUT2D eigenvalue weighted by atomic mass is 16.1. The summed E-state index contributed by atoms with van der Waals surface area (Å²) in [5.74, 6) is -0.127. The Morgan fingerprint density at radius 3 is 2.68 bits per heavy atom. The molecule has 6 heteroatoms. The molecule has 2 aromatic carbocycles. The number of nitrogens with zero attached hydrogens (tertiary/aromatic N) is 4. The van der Waals surface area contributed by atoms with Gasteiger partial charge in [-0.3, -0.25) is 4.79 Å². The Morgan fingerprint density at radius 1 is 1.14 bits per heavy atom. The number of tetrazole rings is 1. The summed E-state index contributed by atoms with van der Waals surface area (Å²) in [6, 6.07) is 13.1. The summed E-state index contributed by atoms with van der Waals surface area (Å²) < 4.78 is 1.58. The summed E-state index contributed by atoms with van der Waals surface area (Å²) in [5.41, 5.74) is 4.27. The molecule has 0 saturated carbocycles. The minimum atomic E-state index is -0.127. The van der Waals surface area contributed by atoms with Crippen molar-refractivity contribution in [3.8, 4) is 5.69 Å². The van der Waals surface area contributed by atoms with Crippen LogP contribution >= 0.6 is 0 Å². The van der Waals surface area contributed by atoms with E-state index in [9.17, 15) is 4.79 Å². The molecule has 0 fully saturated rings. The van der Waals surface area contributed by atoms with Crippen LogP contribution in [0, 0.1) is 13.8 Å². The van der Waals surface area contributed by atoms with Crippen LogP contribution in [0.25, 0.3) is 5.69 Å². The zero-order valence-electron chi connectivity index (χ0n) is 12.3. The molecule has 0 bridgehead atoms. The van der Waals surface area contributed by atoms with E-state index in [1.807, 2.05) is 50.2 Å². The molecule has 0 spiro atoms. The number of carbonyl (C=O) groups excluding carboxylic acids is 1. The molecule has 3 rings (SSSR count). The van der Waals surface area contributed by atoms with Crippen LogP contribution in [0.1, 0.15) is 21.5 Å². The SMILES string of the molecule is Cc1cccc(C(=O)Nc2ccc(-n3cnnn3)c(C)c2)c1. The van der Waals surface area contributed by atoms with Crippen molar-refractivity contribution in [1.82, 2.24) is 20.2 Å². The van der Waals surface area contributed by atoms with Gasteiger partial charge in [-0.05, 0) is 60.2 Å². The predicted molar refractivity (Wildman–Crippen MR) is 83.0 cm³/mol. The Morgan fingerprint density at radius 2 is 2.00 bits per heavy atom. The molecule has 1 amide bonds. The lowest BCUT2D eigenvalue weighted by molar-refractivity contribution is 0.102. The first-order valence-electron chi connectivity index (χ1n) is 6.85. The van der Waals surface area contributed by atoms with Crippen LogP contribution in [0.15, 0.2) is 48.8 Å². The molecule has 0 atom stereocenters. The number of nitrogens with one attached hydrogen (secondary N) is 1. The van der Waals surface area contributed by atoms with Crippen LogP contribution in [-0.4, -0.2) is 26.1 Å². The molecule has 1 N–H and O–H groups in total. The number of hydrogen-bond acceptors (Lipinski definition) is 4. The third-order valence-electron chi connectivity index (χ3n) is 3.33. The second-order valence-electron chi connectivity index (χ2n) is 5.08. The van der Waals surface area contributed by atoms with Gasteiger partial charge in [0.15, 0.2) is 0 Å². The number of benzene rings is 2. The van der Waals surface area contributed by atoms with Crippen LogP contribution in [-0.2, 0) is 0 Å². The Labute approximate surface area is 127 Å². The van der Waals surface area contributed by atoms with Crippen LogP contribution < -0.4 is 5.32 Å². The van der Waals surface area contributed by atoms with Crippen molar-refractivity contribution in [3.63, 3.8) is 0 Å². The van der Waals surface area contributed by atoms with Crippen LogP contribution in [0.4, 0.5) is 5.69 Å². The van der Waals surface area contributed by atoms with Gasteiger partial charge in [0.1, 0.15) is 6.33 Å². The molecular formula is C16H15N5O. The molecule has 0 aliphatic rings. The lowest BCUT2D eigenvalue weighted by Gasteiger charge is -2.09. The monoisotopic (exact) mass is 293 g/mol. The first-order chi connectivity index (χ1) is 10.6. The highest BCUT2D eigenvalue weighted by molar-refractivity contribution is 6.04. The van der Waals surface area contributed by atoms with E-state index in [1.165, 1.54) is 6.33 Å².